The first-order valence-corrected chi connectivity index (χ1v) is 6.87. The van der Waals surface area contributed by atoms with Gasteiger partial charge in [0, 0.05) is 12.4 Å². The van der Waals surface area contributed by atoms with Crippen molar-refractivity contribution in [3.8, 4) is 0 Å². The van der Waals surface area contributed by atoms with E-state index >= 15 is 0 Å². The summed E-state index contributed by atoms with van der Waals surface area (Å²) in [4.78, 5) is 20.9. The van der Waals surface area contributed by atoms with Crippen molar-refractivity contribution < 1.29 is 4.79 Å². The van der Waals surface area contributed by atoms with Crippen LogP contribution in [0.1, 0.15) is 5.56 Å². The van der Waals surface area contributed by atoms with Gasteiger partial charge in [-0.15, -0.1) is 0 Å². The van der Waals surface area contributed by atoms with Gasteiger partial charge in [0.1, 0.15) is 5.84 Å². The van der Waals surface area contributed by atoms with Gasteiger partial charge in [-0.25, -0.2) is 4.99 Å². The van der Waals surface area contributed by atoms with E-state index in [0.29, 0.717) is 5.84 Å². The van der Waals surface area contributed by atoms with Crippen LogP contribution in [0, 0.1) is 0 Å². The third-order valence-electron chi connectivity index (χ3n) is 2.64. The number of aromatic nitrogens is 1. The second-order valence-corrected chi connectivity index (χ2v) is 5.12. The molecule has 1 aromatic heterocycles. The van der Waals surface area contributed by atoms with E-state index in [1.54, 1.807) is 12.4 Å². The van der Waals surface area contributed by atoms with Crippen molar-refractivity contribution in [3.63, 3.8) is 0 Å². The van der Waals surface area contributed by atoms with E-state index in [2.05, 4.69) is 15.3 Å². The highest BCUT2D eigenvalue weighted by Gasteiger charge is 2.23. The average molecular weight is 281 g/mol. The van der Waals surface area contributed by atoms with Gasteiger partial charge in [0.2, 0.25) is 0 Å². The zero-order valence-corrected chi connectivity index (χ0v) is 11.3. The number of amides is 1. The van der Waals surface area contributed by atoms with Crippen LogP contribution in [0.5, 0.6) is 0 Å². The maximum Gasteiger partial charge on any atom is 0.289 e. The molecule has 0 bridgehead atoms. The minimum Gasteiger partial charge on any atom is -0.300 e. The van der Waals surface area contributed by atoms with E-state index in [1.165, 1.54) is 0 Å². The molecule has 20 heavy (non-hydrogen) atoms. The molecule has 1 aliphatic heterocycles. The van der Waals surface area contributed by atoms with Crippen LogP contribution in [-0.2, 0) is 0 Å². The lowest BCUT2D eigenvalue weighted by Gasteiger charge is -1.99. The van der Waals surface area contributed by atoms with E-state index in [4.69, 9.17) is 0 Å². The molecule has 1 aliphatic rings. The van der Waals surface area contributed by atoms with Gasteiger partial charge in [-0.3, -0.25) is 9.78 Å². The van der Waals surface area contributed by atoms with Crippen LogP contribution in [-0.4, -0.2) is 16.1 Å². The molecule has 1 amide bonds. The van der Waals surface area contributed by atoms with Gasteiger partial charge in [-0.2, -0.15) is 0 Å². The molecule has 0 aliphatic carbocycles. The number of carbonyl (C=O) groups is 1. The molecule has 3 rings (SSSR count). The monoisotopic (exact) mass is 281 g/mol. The Bertz CT molecular complexity index is 621. The van der Waals surface area contributed by atoms with E-state index < -0.39 is 0 Å². The average Bonchev–Trinajstić information content (AvgIpc) is 2.81. The summed E-state index contributed by atoms with van der Waals surface area (Å²) in [6.07, 6.45) is 5.36. The van der Waals surface area contributed by atoms with Crippen LogP contribution < -0.4 is 5.32 Å². The molecule has 98 valence electrons. The number of para-hydroxylation sites is 1. The molecule has 1 saturated heterocycles. The fourth-order valence-corrected chi connectivity index (χ4v) is 2.49. The number of rotatable bonds is 2. The molecule has 4 nitrogen and oxygen atoms in total. The normalized spacial score (nSPS) is 18.5. The smallest absolute Gasteiger partial charge is 0.289 e. The predicted molar refractivity (Wildman–Crippen MR) is 81.9 cm³/mol. The molecular formula is C15H11N3OS. The van der Waals surface area contributed by atoms with Gasteiger partial charge < -0.3 is 5.32 Å². The Morgan fingerprint density at radius 1 is 1.15 bits per heavy atom. The van der Waals surface area contributed by atoms with E-state index in [9.17, 15) is 4.79 Å². The highest BCUT2D eigenvalue weighted by molar-refractivity contribution is 8.18. The Kier molecular flexibility index (Phi) is 3.60. The summed E-state index contributed by atoms with van der Waals surface area (Å²) in [5.41, 5.74) is 1.75. The lowest BCUT2D eigenvalue weighted by atomic mass is 10.2. The zero-order chi connectivity index (χ0) is 13.8. The Labute approximate surface area is 120 Å². The number of nitrogens with zero attached hydrogens (tertiary/aromatic N) is 2. The van der Waals surface area contributed by atoms with Crippen LogP contribution in [0.4, 0.5) is 10.5 Å². The fraction of sp³-hybridized carbons (Fsp3) is 0. The van der Waals surface area contributed by atoms with Crippen molar-refractivity contribution in [2.24, 2.45) is 4.99 Å². The molecule has 0 unspecified atom stereocenters. The van der Waals surface area contributed by atoms with E-state index in [0.717, 1.165) is 27.9 Å². The van der Waals surface area contributed by atoms with Gasteiger partial charge in [0.15, 0.2) is 0 Å². The Balaban J connectivity index is 1.95. The summed E-state index contributed by atoms with van der Waals surface area (Å²) < 4.78 is 0. The molecule has 0 spiro atoms. The summed E-state index contributed by atoms with van der Waals surface area (Å²) in [7, 11) is 0. The minimum atomic E-state index is -0.116. The minimum absolute atomic E-state index is 0.116. The zero-order valence-electron chi connectivity index (χ0n) is 10.5. The molecule has 0 radical (unpaired) electrons. The Morgan fingerprint density at radius 2 is 2.00 bits per heavy atom. The number of thioether (sulfide) groups is 1. The second-order valence-electron chi connectivity index (χ2n) is 4.11. The van der Waals surface area contributed by atoms with Crippen LogP contribution in [0.25, 0.3) is 6.08 Å². The van der Waals surface area contributed by atoms with Crippen molar-refractivity contribution in [1.82, 2.24) is 10.3 Å². The summed E-state index contributed by atoms with van der Waals surface area (Å²) in [5, 5.41) is 2.64. The molecule has 5 heteroatoms. The quantitative estimate of drug-likeness (QED) is 0.915. The van der Waals surface area contributed by atoms with Crippen molar-refractivity contribution in [1.29, 1.82) is 0 Å². The van der Waals surface area contributed by atoms with Crippen molar-refractivity contribution >= 4 is 34.6 Å². The van der Waals surface area contributed by atoms with E-state index in [-0.39, 0.29) is 5.24 Å². The number of carbonyl (C=O) groups excluding carboxylic acids is 1. The molecular weight excluding hydrogens is 270 g/mol. The SMILES string of the molecule is O=C1NC(=Nc2ccccc2)/C(=C/c2cccnc2)S1. The highest BCUT2D eigenvalue weighted by atomic mass is 32.2. The number of nitrogens with one attached hydrogen (secondary N) is 1. The van der Waals surface area contributed by atoms with Crippen molar-refractivity contribution in [2.45, 2.75) is 0 Å². The van der Waals surface area contributed by atoms with Crippen molar-refractivity contribution in [3.05, 3.63) is 65.3 Å². The molecule has 1 fully saturated rings. The summed E-state index contributed by atoms with van der Waals surface area (Å²) in [6.45, 7) is 0. The Hall–Kier alpha value is -2.40. The lowest BCUT2D eigenvalue weighted by molar-refractivity contribution is 0.265. The van der Waals surface area contributed by atoms with Gasteiger partial charge in [0.05, 0.1) is 10.6 Å². The maximum absolute atomic E-state index is 11.6. The fourth-order valence-electron chi connectivity index (χ4n) is 1.76. The predicted octanol–water partition coefficient (Wildman–Crippen LogP) is 3.61. The number of benzene rings is 1. The highest BCUT2D eigenvalue weighted by Crippen LogP contribution is 2.28. The Morgan fingerprint density at radius 3 is 2.75 bits per heavy atom. The lowest BCUT2D eigenvalue weighted by Crippen LogP contribution is -2.18. The van der Waals surface area contributed by atoms with Crippen molar-refractivity contribution in [2.75, 3.05) is 0 Å². The standard InChI is InChI=1S/C15H11N3OS/c19-15-18-14(17-12-6-2-1-3-7-12)13(20-15)9-11-5-4-8-16-10-11/h1-10H,(H,17,18,19)/b13-9-. The number of amidine groups is 1. The molecule has 1 aromatic carbocycles. The molecule has 0 atom stereocenters. The topological polar surface area (TPSA) is 54.4 Å². The van der Waals surface area contributed by atoms with Gasteiger partial charge >= 0.3 is 0 Å². The number of hydrogen-bond acceptors (Lipinski definition) is 4. The third-order valence-corrected chi connectivity index (χ3v) is 3.45. The maximum atomic E-state index is 11.6. The second kappa shape index (κ2) is 5.71. The molecule has 2 heterocycles. The summed E-state index contributed by atoms with van der Waals surface area (Å²) >= 11 is 1.14. The van der Waals surface area contributed by atoms with Gasteiger partial charge in [0.25, 0.3) is 5.24 Å². The van der Waals surface area contributed by atoms with Crippen LogP contribution in [0.3, 0.4) is 0 Å². The number of hydrogen-bond donors (Lipinski definition) is 1. The molecule has 2 aromatic rings. The molecule has 1 N–H and O–H groups in total. The molecule has 0 saturated carbocycles. The largest absolute Gasteiger partial charge is 0.300 e. The number of pyridine rings is 1. The third kappa shape index (κ3) is 2.95. The summed E-state index contributed by atoms with van der Waals surface area (Å²) in [5.74, 6) is 0.579. The van der Waals surface area contributed by atoms with Crippen LogP contribution in [0.2, 0.25) is 0 Å². The summed E-state index contributed by atoms with van der Waals surface area (Å²) in [6, 6.07) is 13.3. The van der Waals surface area contributed by atoms with E-state index in [1.807, 2.05) is 48.5 Å². The van der Waals surface area contributed by atoms with Crippen LogP contribution >= 0.6 is 11.8 Å². The van der Waals surface area contributed by atoms with Crippen LogP contribution in [0.15, 0.2) is 64.8 Å². The first kappa shape index (κ1) is 12.6. The van der Waals surface area contributed by atoms with Gasteiger partial charge in [-0.1, -0.05) is 24.3 Å². The first-order chi connectivity index (χ1) is 9.81. The first-order valence-electron chi connectivity index (χ1n) is 6.06. The van der Waals surface area contributed by atoms with Gasteiger partial charge in [-0.05, 0) is 41.6 Å². The number of aliphatic imine (C=N–C) groups is 1.